The number of nitrogens with two attached hydrogens (primary N) is 1. The van der Waals surface area contributed by atoms with Crippen molar-refractivity contribution >= 4 is 20.7 Å². The third-order valence-corrected chi connectivity index (χ3v) is 3.26. The molecule has 0 fully saturated rings. The lowest BCUT2D eigenvalue weighted by atomic mass is 10.0. The van der Waals surface area contributed by atoms with Crippen LogP contribution in [0.4, 0.5) is 0 Å². The summed E-state index contributed by atoms with van der Waals surface area (Å²) in [5, 5.41) is 0. The zero-order valence-corrected chi connectivity index (χ0v) is 13.3. The van der Waals surface area contributed by atoms with Crippen molar-refractivity contribution in [3.63, 3.8) is 0 Å². The molecule has 0 aliphatic rings. The van der Waals surface area contributed by atoms with Gasteiger partial charge in [-0.1, -0.05) is 18.2 Å². The molecule has 0 saturated heterocycles. The molecule has 0 unspecified atom stereocenters. The molecule has 0 bridgehead atoms. The molecule has 1 rings (SSSR count). The molecule has 0 aliphatic carbocycles. The van der Waals surface area contributed by atoms with E-state index in [4.69, 9.17) is 10.2 Å². The maximum absolute atomic E-state index is 6.08. The molecule has 102 valence electrons. The van der Waals surface area contributed by atoms with E-state index in [1.165, 1.54) is 0 Å². The Morgan fingerprint density at radius 3 is 2.28 bits per heavy atom. The summed E-state index contributed by atoms with van der Waals surface area (Å²) in [4.78, 5) is 0. The van der Waals surface area contributed by atoms with Crippen molar-refractivity contribution in [2.75, 3.05) is 0 Å². The van der Waals surface area contributed by atoms with Gasteiger partial charge in [-0.05, 0) is 50.2 Å². The van der Waals surface area contributed by atoms with Gasteiger partial charge in [-0.15, -0.1) is 19.0 Å². The predicted octanol–water partition coefficient (Wildman–Crippen LogP) is 4.29. The van der Waals surface area contributed by atoms with Crippen LogP contribution in [0.2, 0.25) is 19.6 Å². The fourth-order valence-electron chi connectivity index (χ4n) is 1.60. The average molecular weight is 286 g/mol. The summed E-state index contributed by atoms with van der Waals surface area (Å²) in [5.41, 5.74) is 7.24. The molecule has 0 radical (unpaired) electrons. The van der Waals surface area contributed by atoms with E-state index >= 15 is 0 Å². The number of allylic oxidation sites excluding steroid dienone is 1. The monoisotopic (exact) mass is 285 g/mol. The molecule has 0 aromatic heterocycles. The molecule has 1 aromatic rings. The molecule has 0 spiro atoms. The van der Waals surface area contributed by atoms with Crippen LogP contribution in [0.25, 0.3) is 0 Å². The molecule has 0 aliphatic heterocycles. The van der Waals surface area contributed by atoms with Crippen LogP contribution < -0.4 is 10.2 Å². The van der Waals surface area contributed by atoms with E-state index in [0.717, 1.165) is 24.2 Å². The lowest BCUT2D eigenvalue weighted by Gasteiger charge is -2.19. The third-order valence-electron chi connectivity index (χ3n) is 2.41. The van der Waals surface area contributed by atoms with Crippen LogP contribution in [-0.4, -0.2) is 8.32 Å². The Bertz CT molecular complexity index is 359. The molecule has 0 amide bonds. The molecule has 18 heavy (non-hydrogen) atoms. The summed E-state index contributed by atoms with van der Waals surface area (Å²) in [5.74, 6) is 0.948. The Hall–Kier alpha value is -0.773. The van der Waals surface area contributed by atoms with Crippen molar-refractivity contribution < 1.29 is 4.43 Å². The number of rotatable bonds is 6. The Kier molecular flexibility index (Phi) is 7.29. The van der Waals surface area contributed by atoms with Crippen LogP contribution in [0.1, 0.15) is 24.4 Å². The minimum Gasteiger partial charge on any atom is -0.544 e. The molecule has 0 heterocycles. The van der Waals surface area contributed by atoms with Gasteiger partial charge < -0.3 is 10.2 Å². The summed E-state index contributed by atoms with van der Waals surface area (Å²) >= 11 is 0. The molecule has 2 N–H and O–H groups in total. The van der Waals surface area contributed by atoms with Crippen LogP contribution >= 0.6 is 12.4 Å². The quantitative estimate of drug-likeness (QED) is 0.625. The smallest absolute Gasteiger partial charge is 0.242 e. The third kappa shape index (κ3) is 6.24. The summed E-state index contributed by atoms with van der Waals surface area (Å²) in [6.45, 7) is 10.2. The van der Waals surface area contributed by atoms with E-state index < -0.39 is 8.32 Å². The Labute approximate surface area is 118 Å². The van der Waals surface area contributed by atoms with E-state index in [-0.39, 0.29) is 18.4 Å². The molecule has 0 saturated carbocycles. The van der Waals surface area contributed by atoms with E-state index in [1.54, 1.807) is 0 Å². The van der Waals surface area contributed by atoms with Crippen LogP contribution in [0.15, 0.2) is 36.9 Å². The Morgan fingerprint density at radius 2 is 1.83 bits per heavy atom. The molecular formula is C14H24ClNOSi. The number of halogens is 1. The van der Waals surface area contributed by atoms with E-state index in [1.807, 2.05) is 18.2 Å². The second kappa shape index (κ2) is 7.62. The highest BCUT2D eigenvalue weighted by molar-refractivity contribution is 6.70. The van der Waals surface area contributed by atoms with Gasteiger partial charge in [0.25, 0.3) is 0 Å². The zero-order chi connectivity index (χ0) is 12.9. The maximum Gasteiger partial charge on any atom is 0.242 e. The van der Waals surface area contributed by atoms with Gasteiger partial charge in [-0.3, -0.25) is 0 Å². The topological polar surface area (TPSA) is 35.2 Å². The van der Waals surface area contributed by atoms with E-state index in [9.17, 15) is 0 Å². The Morgan fingerprint density at radius 1 is 1.28 bits per heavy atom. The first-order chi connectivity index (χ1) is 7.92. The zero-order valence-electron chi connectivity index (χ0n) is 11.5. The first-order valence-corrected chi connectivity index (χ1v) is 9.48. The highest BCUT2D eigenvalue weighted by Gasteiger charge is 2.16. The second-order valence-corrected chi connectivity index (χ2v) is 9.68. The standard InChI is InChI=1S/C14H23NOSi.ClH/c1-5-6-7-14(15)12-8-10-13(11-9-12)16-17(2,3)4;/h5,8-11,14H,1,6-7,15H2,2-4H3;1H/t14-;/m1./s1. The van der Waals surface area contributed by atoms with Gasteiger partial charge in [0.1, 0.15) is 5.75 Å². The van der Waals surface area contributed by atoms with Crippen molar-refractivity contribution in [2.24, 2.45) is 5.73 Å². The number of hydrogen-bond donors (Lipinski definition) is 1. The summed E-state index contributed by atoms with van der Waals surface area (Å²) in [7, 11) is -1.51. The summed E-state index contributed by atoms with van der Waals surface area (Å²) < 4.78 is 5.90. The van der Waals surface area contributed by atoms with Crippen LogP contribution in [-0.2, 0) is 0 Å². The second-order valence-electron chi connectivity index (χ2n) is 5.26. The van der Waals surface area contributed by atoms with Gasteiger partial charge in [-0.2, -0.15) is 0 Å². The minimum atomic E-state index is -1.51. The molecule has 4 heteroatoms. The lowest BCUT2D eigenvalue weighted by molar-refractivity contribution is 0.556. The van der Waals surface area contributed by atoms with Gasteiger partial charge in [0, 0.05) is 6.04 Å². The summed E-state index contributed by atoms with van der Waals surface area (Å²) in [6.07, 6.45) is 3.80. The van der Waals surface area contributed by atoms with Gasteiger partial charge in [0.15, 0.2) is 0 Å². The number of hydrogen-bond acceptors (Lipinski definition) is 2. The lowest BCUT2D eigenvalue weighted by Crippen LogP contribution is -2.29. The minimum absolute atomic E-state index is 0. The van der Waals surface area contributed by atoms with E-state index in [2.05, 4.69) is 38.4 Å². The number of benzene rings is 1. The van der Waals surface area contributed by atoms with Crippen molar-refractivity contribution in [1.29, 1.82) is 0 Å². The fraction of sp³-hybridized carbons (Fsp3) is 0.429. The van der Waals surface area contributed by atoms with Crippen molar-refractivity contribution in [3.05, 3.63) is 42.5 Å². The van der Waals surface area contributed by atoms with Crippen LogP contribution in [0, 0.1) is 0 Å². The molecule has 1 atom stereocenters. The van der Waals surface area contributed by atoms with Gasteiger partial charge in [-0.25, -0.2) is 0 Å². The molecular weight excluding hydrogens is 262 g/mol. The SMILES string of the molecule is C=CCC[C@@H](N)c1ccc(O[Si](C)(C)C)cc1.Cl. The highest BCUT2D eigenvalue weighted by Crippen LogP contribution is 2.21. The van der Waals surface area contributed by atoms with Crippen LogP contribution in [0.3, 0.4) is 0 Å². The largest absolute Gasteiger partial charge is 0.544 e. The normalized spacial score (nSPS) is 12.4. The van der Waals surface area contributed by atoms with Crippen LogP contribution in [0.5, 0.6) is 5.75 Å². The van der Waals surface area contributed by atoms with E-state index in [0.29, 0.717) is 0 Å². The first-order valence-electron chi connectivity index (χ1n) is 6.08. The Balaban J connectivity index is 0.00000289. The van der Waals surface area contributed by atoms with Gasteiger partial charge in [0.2, 0.25) is 8.32 Å². The van der Waals surface area contributed by atoms with Crippen molar-refractivity contribution in [2.45, 2.75) is 38.5 Å². The summed E-state index contributed by atoms with van der Waals surface area (Å²) in [6, 6.07) is 8.24. The van der Waals surface area contributed by atoms with Crippen molar-refractivity contribution in [1.82, 2.24) is 0 Å². The van der Waals surface area contributed by atoms with Crippen molar-refractivity contribution in [3.8, 4) is 5.75 Å². The maximum atomic E-state index is 6.08. The predicted molar refractivity (Wildman–Crippen MR) is 84.0 cm³/mol. The highest BCUT2D eigenvalue weighted by atomic mass is 35.5. The fourth-order valence-corrected chi connectivity index (χ4v) is 2.44. The molecule has 1 aromatic carbocycles. The van der Waals surface area contributed by atoms with Gasteiger partial charge >= 0.3 is 0 Å². The average Bonchev–Trinajstić information content (AvgIpc) is 2.24. The first kappa shape index (κ1) is 17.2. The van der Waals surface area contributed by atoms with Gasteiger partial charge in [0.05, 0.1) is 0 Å². The molecule has 2 nitrogen and oxygen atoms in total.